The van der Waals surface area contributed by atoms with Crippen molar-refractivity contribution in [2.75, 3.05) is 9.62 Å². The summed E-state index contributed by atoms with van der Waals surface area (Å²) in [4.78, 5) is 13.1. The van der Waals surface area contributed by atoms with Gasteiger partial charge in [-0.25, -0.2) is 8.42 Å². The molecule has 2 aliphatic rings. The number of hydrogen-bond acceptors (Lipinski definition) is 6. The molecule has 8 nitrogen and oxygen atoms in total. The summed E-state index contributed by atoms with van der Waals surface area (Å²) in [7, 11) is -3.99. The van der Waals surface area contributed by atoms with Gasteiger partial charge in [0.15, 0.2) is 0 Å². The molecule has 2 N–H and O–H groups in total. The Morgan fingerprint density at radius 3 is 2.37 bits per heavy atom. The summed E-state index contributed by atoms with van der Waals surface area (Å²) in [5, 5.41) is 21.8. The van der Waals surface area contributed by atoms with E-state index in [4.69, 9.17) is 0 Å². The van der Waals surface area contributed by atoms with Gasteiger partial charge in [0.1, 0.15) is 5.69 Å². The van der Waals surface area contributed by atoms with Crippen molar-refractivity contribution in [3.63, 3.8) is 0 Å². The number of nitrogens with zero attached hydrogens (tertiary/aromatic N) is 2. The van der Waals surface area contributed by atoms with E-state index < -0.39 is 14.9 Å². The smallest absolute Gasteiger partial charge is 0.293 e. The number of aliphatic hydroxyl groups excluding tert-OH is 1. The molecule has 2 aromatic carbocycles. The standard InChI is InChI=1S/C21H25N3O5S/c1-13-3-7-19(14(2)9-13)22-30(28,29)18-6-8-20(21(12-18)24(26)27)23-15-4-5-16(23)11-17(25)10-15/h3,6-9,12,15-17,22,25H,4-5,10-11H2,1-2H3. The molecule has 2 aliphatic heterocycles. The quantitative estimate of drug-likeness (QED) is 0.553. The lowest BCUT2D eigenvalue weighted by atomic mass is 9.98. The van der Waals surface area contributed by atoms with E-state index in [2.05, 4.69) is 4.72 Å². The third kappa shape index (κ3) is 3.75. The molecule has 0 spiro atoms. The van der Waals surface area contributed by atoms with Crippen molar-refractivity contribution >= 4 is 27.1 Å². The van der Waals surface area contributed by atoms with Gasteiger partial charge in [0.05, 0.1) is 21.6 Å². The Labute approximate surface area is 175 Å². The van der Waals surface area contributed by atoms with Crippen molar-refractivity contribution in [2.45, 2.75) is 62.6 Å². The molecule has 2 atom stereocenters. The van der Waals surface area contributed by atoms with E-state index in [0.29, 0.717) is 24.2 Å². The summed E-state index contributed by atoms with van der Waals surface area (Å²) in [6, 6.07) is 9.49. The van der Waals surface area contributed by atoms with Crippen LogP contribution in [0.2, 0.25) is 0 Å². The normalized spacial score (nSPS) is 23.4. The highest BCUT2D eigenvalue weighted by Gasteiger charge is 2.42. The van der Waals surface area contributed by atoms with E-state index >= 15 is 0 Å². The Hall–Kier alpha value is -2.65. The molecule has 0 amide bonds. The molecule has 0 aliphatic carbocycles. The zero-order chi connectivity index (χ0) is 21.6. The van der Waals surface area contributed by atoms with Gasteiger partial charge in [-0.1, -0.05) is 17.7 Å². The van der Waals surface area contributed by atoms with Gasteiger partial charge >= 0.3 is 0 Å². The van der Waals surface area contributed by atoms with Crippen molar-refractivity contribution in [1.82, 2.24) is 0 Å². The number of nitro benzene ring substituents is 1. The van der Waals surface area contributed by atoms with Crippen LogP contribution >= 0.6 is 0 Å². The summed E-state index contributed by atoms with van der Waals surface area (Å²) in [5.41, 5.74) is 2.41. The second-order valence-electron chi connectivity index (χ2n) is 8.25. The third-order valence-electron chi connectivity index (χ3n) is 6.07. The first-order valence-corrected chi connectivity index (χ1v) is 11.5. The van der Waals surface area contributed by atoms with Crippen LogP contribution < -0.4 is 9.62 Å². The van der Waals surface area contributed by atoms with Gasteiger partial charge in [0, 0.05) is 18.2 Å². The van der Waals surface area contributed by atoms with Crippen LogP contribution in [0.1, 0.15) is 36.8 Å². The van der Waals surface area contributed by atoms with E-state index in [1.807, 2.05) is 17.9 Å². The van der Waals surface area contributed by atoms with Crippen LogP contribution in [0.3, 0.4) is 0 Å². The zero-order valence-corrected chi connectivity index (χ0v) is 17.7. The molecule has 2 aromatic rings. The van der Waals surface area contributed by atoms with Crippen molar-refractivity contribution in [2.24, 2.45) is 0 Å². The monoisotopic (exact) mass is 431 g/mol. The van der Waals surface area contributed by atoms with E-state index in [-0.39, 0.29) is 28.8 Å². The minimum absolute atomic E-state index is 0.0354. The summed E-state index contributed by atoms with van der Waals surface area (Å²) < 4.78 is 28.3. The van der Waals surface area contributed by atoms with Crippen LogP contribution in [-0.2, 0) is 10.0 Å². The molecule has 2 fully saturated rings. The maximum Gasteiger partial charge on any atom is 0.293 e. The lowest BCUT2D eigenvalue weighted by molar-refractivity contribution is -0.384. The maximum atomic E-state index is 12.9. The molecular weight excluding hydrogens is 406 g/mol. The highest BCUT2D eigenvalue weighted by molar-refractivity contribution is 7.92. The molecular formula is C21H25N3O5S. The van der Waals surface area contributed by atoms with Gasteiger partial charge in [-0.15, -0.1) is 0 Å². The number of nitrogens with one attached hydrogen (secondary N) is 1. The summed E-state index contributed by atoms with van der Waals surface area (Å²) in [6.07, 6.45) is 2.49. The fourth-order valence-corrected chi connectivity index (χ4v) is 5.86. The number of aliphatic hydroxyl groups is 1. The van der Waals surface area contributed by atoms with Gasteiger partial charge < -0.3 is 10.0 Å². The van der Waals surface area contributed by atoms with Crippen LogP contribution in [0.25, 0.3) is 0 Å². The fourth-order valence-electron chi connectivity index (χ4n) is 4.71. The van der Waals surface area contributed by atoms with Crippen molar-refractivity contribution in [3.05, 3.63) is 57.6 Å². The summed E-state index contributed by atoms with van der Waals surface area (Å²) >= 11 is 0. The van der Waals surface area contributed by atoms with Crippen molar-refractivity contribution < 1.29 is 18.4 Å². The van der Waals surface area contributed by atoms with Crippen LogP contribution in [0, 0.1) is 24.0 Å². The minimum Gasteiger partial charge on any atom is -0.393 e. The number of fused-ring (bicyclic) bond motifs is 2. The molecule has 0 aromatic heterocycles. The van der Waals surface area contributed by atoms with E-state index in [9.17, 15) is 23.6 Å². The average molecular weight is 432 g/mol. The number of piperidine rings is 1. The SMILES string of the molecule is Cc1ccc(NS(=O)(=O)c2ccc(N3C4CCC3CC(O)C4)c([N+](=O)[O-])c2)c(C)c1. The highest BCUT2D eigenvalue weighted by atomic mass is 32.2. The van der Waals surface area contributed by atoms with Gasteiger partial charge in [-0.05, 0) is 63.3 Å². The Morgan fingerprint density at radius 1 is 1.10 bits per heavy atom. The second-order valence-corrected chi connectivity index (χ2v) is 9.93. The van der Waals surface area contributed by atoms with Gasteiger partial charge in [0.25, 0.3) is 15.7 Å². The maximum absolute atomic E-state index is 12.9. The molecule has 4 rings (SSSR count). The number of sulfonamides is 1. The first-order chi connectivity index (χ1) is 14.2. The van der Waals surface area contributed by atoms with Crippen molar-refractivity contribution in [1.29, 1.82) is 0 Å². The number of rotatable bonds is 5. The van der Waals surface area contributed by atoms with Crippen LogP contribution in [0.4, 0.5) is 17.1 Å². The lowest BCUT2D eigenvalue weighted by Gasteiger charge is -2.38. The first kappa shape index (κ1) is 20.6. The molecule has 0 saturated carbocycles. The largest absolute Gasteiger partial charge is 0.393 e. The number of anilines is 2. The number of nitro groups is 1. The first-order valence-electron chi connectivity index (χ1n) is 10.0. The molecule has 0 radical (unpaired) electrons. The van der Waals surface area contributed by atoms with Crippen LogP contribution in [-0.4, -0.2) is 36.6 Å². The van der Waals surface area contributed by atoms with E-state index in [0.717, 1.165) is 30.0 Å². The van der Waals surface area contributed by atoms with Crippen LogP contribution in [0.15, 0.2) is 41.3 Å². The van der Waals surface area contributed by atoms with Gasteiger partial charge in [0.2, 0.25) is 0 Å². The number of benzene rings is 2. The molecule has 2 bridgehead atoms. The molecule has 2 unspecified atom stereocenters. The Balaban J connectivity index is 1.69. The predicted molar refractivity (Wildman–Crippen MR) is 114 cm³/mol. The molecule has 160 valence electrons. The lowest BCUT2D eigenvalue weighted by Crippen LogP contribution is -2.45. The zero-order valence-electron chi connectivity index (χ0n) is 16.9. The third-order valence-corrected chi connectivity index (χ3v) is 7.43. The molecule has 9 heteroatoms. The summed E-state index contributed by atoms with van der Waals surface area (Å²) in [5.74, 6) is 0. The predicted octanol–water partition coefficient (Wildman–Crippen LogP) is 3.50. The van der Waals surface area contributed by atoms with E-state index in [1.54, 1.807) is 19.1 Å². The minimum atomic E-state index is -3.99. The fraction of sp³-hybridized carbons (Fsp3) is 0.429. The Bertz CT molecular complexity index is 1090. The highest BCUT2D eigenvalue weighted by Crippen LogP contribution is 2.43. The van der Waals surface area contributed by atoms with Crippen LogP contribution in [0.5, 0.6) is 0 Å². The molecule has 2 heterocycles. The Morgan fingerprint density at radius 2 is 1.77 bits per heavy atom. The molecule has 2 saturated heterocycles. The summed E-state index contributed by atoms with van der Waals surface area (Å²) in [6.45, 7) is 3.72. The average Bonchev–Trinajstić information content (AvgIpc) is 2.94. The van der Waals surface area contributed by atoms with Gasteiger partial charge in [-0.3, -0.25) is 14.8 Å². The Kier molecular flexibility index (Phi) is 5.19. The topological polar surface area (TPSA) is 113 Å². The van der Waals surface area contributed by atoms with Gasteiger partial charge in [-0.2, -0.15) is 0 Å². The number of aryl methyl sites for hydroxylation is 2. The van der Waals surface area contributed by atoms with Crippen molar-refractivity contribution in [3.8, 4) is 0 Å². The number of hydrogen-bond donors (Lipinski definition) is 2. The van der Waals surface area contributed by atoms with E-state index in [1.165, 1.54) is 12.1 Å². The molecule has 30 heavy (non-hydrogen) atoms. The second kappa shape index (κ2) is 7.55.